The van der Waals surface area contributed by atoms with Gasteiger partial charge in [0, 0.05) is 43.9 Å². The normalized spacial score (nSPS) is 11.3. The molecule has 0 saturated heterocycles. The van der Waals surface area contributed by atoms with Crippen molar-refractivity contribution in [3.8, 4) is 0 Å². The van der Waals surface area contributed by atoms with Gasteiger partial charge in [0.1, 0.15) is 11.6 Å². The van der Waals surface area contributed by atoms with Crippen LogP contribution in [0.5, 0.6) is 0 Å². The van der Waals surface area contributed by atoms with Crippen LogP contribution in [0.3, 0.4) is 0 Å². The molecule has 0 aliphatic heterocycles. The zero-order valence-corrected chi connectivity index (χ0v) is 20.0. The van der Waals surface area contributed by atoms with E-state index in [0.717, 1.165) is 29.8 Å². The highest BCUT2D eigenvalue weighted by Gasteiger charge is 2.30. The molecule has 0 atom stereocenters. The highest BCUT2D eigenvalue weighted by Crippen LogP contribution is 2.29. The minimum atomic E-state index is -4.47. The van der Waals surface area contributed by atoms with E-state index in [9.17, 15) is 27.9 Å². The number of carbonyl (C=O) groups excluding carboxylic acids is 1. The highest BCUT2D eigenvalue weighted by atomic mass is 19.4. The van der Waals surface area contributed by atoms with E-state index < -0.39 is 23.6 Å². The fourth-order valence-corrected chi connectivity index (χ4v) is 3.56. The summed E-state index contributed by atoms with van der Waals surface area (Å²) in [5.41, 5.74) is 1.77. The number of alkyl halides is 3. The zero-order valence-electron chi connectivity index (χ0n) is 20.0. The van der Waals surface area contributed by atoms with E-state index in [0.29, 0.717) is 41.6 Å². The molecule has 0 spiro atoms. The molecule has 0 fully saturated rings. The third-order valence-corrected chi connectivity index (χ3v) is 5.26. The highest BCUT2D eigenvalue weighted by molar-refractivity contribution is 6.04. The zero-order chi connectivity index (χ0) is 26.5. The Morgan fingerprint density at radius 3 is 2.17 bits per heavy atom. The van der Waals surface area contributed by atoms with E-state index in [-0.39, 0.29) is 12.0 Å². The fourth-order valence-electron chi connectivity index (χ4n) is 3.56. The first-order valence-electron chi connectivity index (χ1n) is 11.0. The number of anilines is 2. The lowest BCUT2D eigenvalue weighted by atomic mass is 10.1. The van der Waals surface area contributed by atoms with Crippen molar-refractivity contribution in [2.75, 3.05) is 31.4 Å². The molecule has 2 aromatic carbocycles. The van der Waals surface area contributed by atoms with Crippen molar-refractivity contribution in [3.05, 3.63) is 82.3 Å². The van der Waals surface area contributed by atoms with Crippen molar-refractivity contribution in [3.63, 3.8) is 0 Å². The number of aliphatic carboxylic acids is 1. The molecule has 0 radical (unpaired) electrons. The van der Waals surface area contributed by atoms with Gasteiger partial charge in [-0.3, -0.25) is 9.59 Å². The summed E-state index contributed by atoms with van der Waals surface area (Å²) < 4.78 is 38.1. The molecule has 190 valence electrons. The van der Waals surface area contributed by atoms with Gasteiger partial charge >= 0.3 is 12.1 Å². The summed E-state index contributed by atoms with van der Waals surface area (Å²) in [6.07, 6.45) is -4.29. The SMILES string of the molecule is CNCc1nc(Cc2ccc(NC(=O)c3ccc(C(F)(F)F)cc3)cc2)nc(N(C)C)c1CC(=O)O. The van der Waals surface area contributed by atoms with Gasteiger partial charge in [-0.1, -0.05) is 12.1 Å². The van der Waals surface area contributed by atoms with Crippen molar-refractivity contribution in [2.24, 2.45) is 0 Å². The third-order valence-electron chi connectivity index (χ3n) is 5.26. The first kappa shape index (κ1) is 26.6. The lowest BCUT2D eigenvalue weighted by molar-refractivity contribution is -0.138. The minimum Gasteiger partial charge on any atom is -0.481 e. The monoisotopic (exact) mass is 501 g/mol. The summed E-state index contributed by atoms with van der Waals surface area (Å²) in [7, 11) is 5.32. The molecule has 0 unspecified atom stereocenters. The molecule has 11 heteroatoms. The van der Waals surface area contributed by atoms with Crippen LogP contribution >= 0.6 is 0 Å². The van der Waals surface area contributed by atoms with Crippen molar-refractivity contribution < 1.29 is 27.9 Å². The van der Waals surface area contributed by atoms with Crippen molar-refractivity contribution in [2.45, 2.75) is 25.6 Å². The summed E-state index contributed by atoms with van der Waals surface area (Å²) in [6.45, 7) is 0.383. The number of carbonyl (C=O) groups is 2. The van der Waals surface area contributed by atoms with Gasteiger partial charge in [0.05, 0.1) is 17.7 Å². The number of carboxylic acid groups (broad SMARTS) is 1. The molecule has 0 aliphatic rings. The Morgan fingerprint density at radius 2 is 1.64 bits per heavy atom. The van der Waals surface area contributed by atoms with E-state index >= 15 is 0 Å². The topological polar surface area (TPSA) is 107 Å². The molecular weight excluding hydrogens is 475 g/mol. The number of hydrogen-bond acceptors (Lipinski definition) is 6. The van der Waals surface area contributed by atoms with Crippen molar-refractivity contribution in [1.82, 2.24) is 15.3 Å². The van der Waals surface area contributed by atoms with Gasteiger partial charge < -0.3 is 20.6 Å². The average molecular weight is 502 g/mol. The number of nitrogens with one attached hydrogen (secondary N) is 2. The summed E-state index contributed by atoms with van der Waals surface area (Å²) in [4.78, 5) is 34.7. The molecule has 1 amide bonds. The molecule has 0 saturated carbocycles. The number of hydrogen-bond donors (Lipinski definition) is 3. The second-order valence-corrected chi connectivity index (χ2v) is 8.29. The van der Waals surface area contributed by atoms with Crippen LogP contribution in [-0.2, 0) is 30.4 Å². The van der Waals surface area contributed by atoms with Crippen LogP contribution in [0, 0.1) is 0 Å². The quantitative estimate of drug-likeness (QED) is 0.410. The number of rotatable bonds is 9. The first-order chi connectivity index (χ1) is 17.0. The molecule has 1 heterocycles. The Kier molecular flexibility index (Phi) is 8.25. The van der Waals surface area contributed by atoms with Crippen LogP contribution in [-0.4, -0.2) is 48.1 Å². The van der Waals surface area contributed by atoms with Crippen LogP contribution in [0.4, 0.5) is 24.7 Å². The summed E-state index contributed by atoms with van der Waals surface area (Å²) in [5, 5.41) is 15.0. The molecule has 0 aliphatic carbocycles. The Morgan fingerprint density at radius 1 is 1.00 bits per heavy atom. The van der Waals surface area contributed by atoms with Gasteiger partial charge in [-0.15, -0.1) is 0 Å². The third kappa shape index (κ3) is 6.79. The summed E-state index contributed by atoms with van der Waals surface area (Å²) in [5.74, 6) is -0.449. The number of amides is 1. The van der Waals surface area contributed by atoms with Crippen LogP contribution in [0.2, 0.25) is 0 Å². The average Bonchev–Trinajstić information content (AvgIpc) is 2.81. The predicted molar refractivity (Wildman–Crippen MR) is 129 cm³/mol. The maximum atomic E-state index is 12.7. The van der Waals surface area contributed by atoms with E-state index in [1.54, 1.807) is 50.3 Å². The predicted octanol–water partition coefficient (Wildman–Crippen LogP) is 3.75. The second-order valence-electron chi connectivity index (χ2n) is 8.29. The minimum absolute atomic E-state index is 0.107. The van der Waals surface area contributed by atoms with E-state index in [2.05, 4.69) is 20.6 Å². The van der Waals surface area contributed by atoms with E-state index in [1.807, 2.05) is 0 Å². The van der Waals surface area contributed by atoms with Crippen molar-refractivity contribution in [1.29, 1.82) is 0 Å². The van der Waals surface area contributed by atoms with Crippen LogP contribution in [0.1, 0.15) is 38.6 Å². The Bertz CT molecular complexity index is 1230. The van der Waals surface area contributed by atoms with Gasteiger partial charge in [0.25, 0.3) is 5.91 Å². The molecular formula is C25H26F3N5O3. The maximum Gasteiger partial charge on any atom is 0.416 e. The lowest BCUT2D eigenvalue weighted by Crippen LogP contribution is -2.21. The summed E-state index contributed by atoms with van der Waals surface area (Å²) in [6, 6.07) is 10.9. The fraction of sp³-hybridized carbons (Fsp3) is 0.280. The largest absolute Gasteiger partial charge is 0.481 e. The molecule has 3 N–H and O–H groups in total. The molecule has 0 bridgehead atoms. The van der Waals surface area contributed by atoms with Gasteiger partial charge in [-0.25, -0.2) is 9.97 Å². The number of carboxylic acids is 1. The van der Waals surface area contributed by atoms with Crippen LogP contribution < -0.4 is 15.5 Å². The standard InChI is InChI=1S/C25H26F3N5O3/c1-29-14-20-19(13-22(34)35)23(33(2)3)32-21(31-20)12-15-4-10-18(11-5-15)30-24(36)16-6-8-17(9-7-16)25(26,27)28/h4-11,29H,12-14H2,1-3H3,(H,30,36)(H,34,35). The van der Waals surface area contributed by atoms with E-state index in [4.69, 9.17) is 0 Å². The van der Waals surface area contributed by atoms with Gasteiger partial charge in [0.15, 0.2) is 0 Å². The number of nitrogens with zero attached hydrogens (tertiary/aromatic N) is 3. The number of aromatic nitrogens is 2. The smallest absolute Gasteiger partial charge is 0.416 e. The summed E-state index contributed by atoms with van der Waals surface area (Å²) >= 11 is 0. The van der Waals surface area contributed by atoms with Crippen molar-refractivity contribution >= 4 is 23.4 Å². The number of benzene rings is 2. The Balaban J connectivity index is 1.76. The second kappa shape index (κ2) is 11.2. The van der Waals surface area contributed by atoms with Gasteiger partial charge in [0.2, 0.25) is 0 Å². The van der Waals surface area contributed by atoms with Crippen LogP contribution in [0.15, 0.2) is 48.5 Å². The maximum absolute atomic E-state index is 12.7. The molecule has 1 aromatic heterocycles. The Labute approximate surface area is 206 Å². The van der Waals surface area contributed by atoms with E-state index in [1.165, 1.54) is 0 Å². The molecule has 36 heavy (non-hydrogen) atoms. The van der Waals surface area contributed by atoms with Gasteiger partial charge in [-0.2, -0.15) is 13.2 Å². The van der Waals surface area contributed by atoms with Crippen LogP contribution in [0.25, 0.3) is 0 Å². The lowest BCUT2D eigenvalue weighted by Gasteiger charge is -2.19. The molecule has 3 aromatic rings. The first-order valence-corrected chi connectivity index (χ1v) is 11.0. The molecule has 8 nitrogen and oxygen atoms in total. The Hall–Kier alpha value is -3.99. The molecule has 3 rings (SSSR count). The number of halogens is 3. The van der Waals surface area contributed by atoms with Gasteiger partial charge in [-0.05, 0) is 49.0 Å².